The summed E-state index contributed by atoms with van der Waals surface area (Å²) in [6.45, 7) is 0. The number of carbonyl (C=O) groups excluding carboxylic acids is 1. The second-order valence-corrected chi connectivity index (χ2v) is 6.88. The summed E-state index contributed by atoms with van der Waals surface area (Å²) >= 11 is 0. The number of rotatable bonds is 6. The number of benzene rings is 2. The summed E-state index contributed by atoms with van der Waals surface area (Å²) in [5.74, 6) is 2.67. The van der Waals surface area contributed by atoms with Gasteiger partial charge in [-0.3, -0.25) is 4.79 Å². The Kier molecular flexibility index (Phi) is 4.12. The maximum Gasteiger partial charge on any atom is 0.220 e. The van der Waals surface area contributed by atoms with Gasteiger partial charge in [-0.15, -0.1) is 0 Å². The molecular formula is C21H23NO3. The van der Waals surface area contributed by atoms with Crippen molar-refractivity contribution in [1.29, 1.82) is 0 Å². The smallest absolute Gasteiger partial charge is 0.220 e. The fourth-order valence-electron chi connectivity index (χ4n) is 4.10. The molecule has 0 aliphatic heterocycles. The topological polar surface area (TPSA) is 47.6 Å². The lowest BCUT2D eigenvalue weighted by molar-refractivity contribution is -0.121. The van der Waals surface area contributed by atoms with Gasteiger partial charge in [-0.25, -0.2) is 0 Å². The zero-order chi connectivity index (χ0) is 17.4. The van der Waals surface area contributed by atoms with Gasteiger partial charge in [0.15, 0.2) is 11.5 Å². The van der Waals surface area contributed by atoms with Crippen LogP contribution >= 0.6 is 0 Å². The van der Waals surface area contributed by atoms with E-state index in [0.29, 0.717) is 42.2 Å². The predicted molar refractivity (Wildman–Crippen MR) is 96.2 cm³/mol. The minimum atomic E-state index is 0.131. The van der Waals surface area contributed by atoms with Crippen LogP contribution in [0.1, 0.15) is 29.0 Å². The van der Waals surface area contributed by atoms with Crippen molar-refractivity contribution in [3.63, 3.8) is 0 Å². The zero-order valence-electron chi connectivity index (χ0n) is 14.6. The van der Waals surface area contributed by atoms with E-state index >= 15 is 0 Å². The van der Waals surface area contributed by atoms with E-state index in [4.69, 9.17) is 9.47 Å². The Morgan fingerprint density at radius 2 is 1.92 bits per heavy atom. The molecule has 0 bridgehead atoms. The molecule has 3 atom stereocenters. The molecule has 2 aliphatic carbocycles. The van der Waals surface area contributed by atoms with Crippen molar-refractivity contribution in [2.24, 2.45) is 5.92 Å². The molecule has 1 fully saturated rings. The van der Waals surface area contributed by atoms with Gasteiger partial charge in [0.1, 0.15) is 0 Å². The lowest BCUT2D eigenvalue weighted by Gasteiger charge is -2.11. The van der Waals surface area contributed by atoms with Crippen LogP contribution < -0.4 is 14.8 Å². The normalized spacial score (nSPS) is 22.7. The molecule has 1 amide bonds. The van der Waals surface area contributed by atoms with Crippen LogP contribution in [0.25, 0.3) is 0 Å². The maximum absolute atomic E-state index is 12.3. The highest BCUT2D eigenvalue weighted by atomic mass is 16.5. The Hall–Kier alpha value is -2.49. The Balaban J connectivity index is 1.31. The number of amides is 1. The number of hydrogen-bond donors (Lipinski definition) is 1. The number of nitrogens with one attached hydrogen (secondary N) is 1. The third-order valence-corrected chi connectivity index (χ3v) is 5.45. The van der Waals surface area contributed by atoms with Gasteiger partial charge in [-0.2, -0.15) is 0 Å². The Morgan fingerprint density at radius 3 is 2.72 bits per heavy atom. The zero-order valence-corrected chi connectivity index (χ0v) is 14.6. The SMILES string of the molecule is COc1ccc(CCC(=O)N[C@@H]2[C@@H]3Cc4ccccc4[C@@H]32)cc1OC. The van der Waals surface area contributed by atoms with E-state index in [1.165, 1.54) is 11.1 Å². The molecule has 2 aromatic carbocycles. The van der Waals surface area contributed by atoms with E-state index in [2.05, 4.69) is 29.6 Å². The van der Waals surface area contributed by atoms with Crippen molar-refractivity contribution in [3.05, 3.63) is 59.2 Å². The fourth-order valence-corrected chi connectivity index (χ4v) is 4.10. The van der Waals surface area contributed by atoms with Crippen LogP contribution in [0, 0.1) is 5.92 Å². The van der Waals surface area contributed by atoms with E-state index in [1.54, 1.807) is 14.2 Å². The van der Waals surface area contributed by atoms with E-state index in [-0.39, 0.29) is 5.91 Å². The third-order valence-electron chi connectivity index (χ3n) is 5.45. The van der Waals surface area contributed by atoms with Gasteiger partial charge in [0, 0.05) is 18.4 Å². The molecule has 0 saturated heterocycles. The second-order valence-electron chi connectivity index (χ2n) is 6.88. The van der Waals surface area contributed by atoms with Gasteiger partial charge in [0.05, 0.1) is 14.2 Å². The van der Waals surface area contributed by atoms with Crippen LogP contribution in [0.4, 0.5) is 0 Å². The molecule has 25 heavy (non-hydrogen) atoms. The van der Waals surface area contributed by atoms with E-state index in [0.717, 1.165) is 12.0 Å². The monoisotopic (exact) mass is 337 g/mol. The van der Waals surface area contributed by atoms with Crippen LogP contribution in [0.5, 0.6) is 11.5 Å². The lowest BCUT2D eigenvalue weighted by atomic mass is 10.0. The van der Waals surface area contributed by atoms with Gasteiger partial charge in [-0.1, -0.05) is 30.3 Å². The molecule has 4 rings (SSSR count). The fraction of sp³-hybridized carbons (Fsp3) is 0.381. The summed E-state index contributed by atoms with van der Waals surface area (Å²) in [5, 5.41) is 3.22. The summed E-state index contributed by atoms with van der Waals surface area (Å²) in [7, 11) is 3.24. The number of ether oxygens (including phenoxy) is 2. The summed E-state index contributed by atoms with van der Waals surface area (Å²) in [6, 6.07) is 14.7. The van der Waals surface area contributed by atoms with Crippen LogP contribution in [0.2, 0.25) is 0 Å². The molecule has 0 heterocycles. The average molecular weight is 337 g/mol. The summed E-state index contributed by atoms with van der Waals surface area (Å²) in [4.78, 5) is 12.3. The first-order valence-corrected chi connectivity index (χ1v) is 8.79. The van der Waals surface area contributed by atoms with Crippen molar-refractivity contribution < 1.29 is 14.3 Å². The Morgan fingerprint density at radius 1 is 1.12 bits per heavy atom. The highest BCUT2D eigenvalue weighted by Crippen LogP contribution is 2.56. The molecule has 0 radical (unpaired) electrons. The van der Waals surface area contributed by atoms with Gasteiger partial charge in [-0.05, 0) is 47.6 Å². The minimum Gasteiger partial charge on any atom is -0.493 e. The van der Waals surface area contributed by atoms with Gasteiger partial charge >= 0.3 is 0 Å². The number of carbonyl (C=O) groups is 1. The number of aryl methyl sites for hydroxylation is 1. The largest absolute Gasteiger partial charge is 0.493 e. The van der Waals surface area contributed by atoms with Crippen LogP contribution in [0.15, 0.2) is 42.5 Å². The quantitative estimate of drug-likeness (QED) is 0.881. The molecule has 2 aliphatic rings. The highest BCUT2D eigenvalue weighted by Gasteiger charge is 2.56. The number of methoxy groups -OCH3 is 2. The van der Waals surface area contributed by atoms with Crippen molar-refractivity contribution in [3.8, 4) is 11.5 Å². The molecule has 0 aromatic heterocycles. The number of fused-ring (bicyclic) bond motifs is 3. The number of hydrogen-bond acceptors (Lipinski definition) is 3. The molecule has 4 heteroatoms. The third kappa shape index (κ3) is 2.97. The van der Waals surface area contributed by atoms with E-state index in [1.807, 2.05) is 18.2 Å². The first kappa shape index (κ1) is 16.0. The summed E-state index contributed by atoms with van der Waals surface area (Å²) < 4.78 is 10.6. The average Bonchev–Trinajstić information content (AvgIpc) is 3.15. The summed E-state index contributed by atoms with van der Waals surface area (Å²) in [6.07, 6.45) is 2.29. The first-order valence-electron chi connectivity index (χ1n) is 8.79. The van der Waals surface area contributed by atoms with Crippen molar-refractivity contribution in [2.45, 2.75) is 31.2 Å². The molecule has 130 valence electrons. The molecular weight excluding hydrogens is 314 g/mol. The first-order chi connectivity index (χ1) is 12.2. The summed E-state index contributed by atoms with van der Waals surface area (Å²) in [5.41, 5.74) is 3.96. The van der Waals surface area contributed by atoms with Crippen molar-refractivity contribution in [2.75, 3.05) is 14.2 Å². The molecule has 1 saturated carbocycles. The van der Waals surface area contributed by atoms with Gasteiger partial charge in [0.25, 0.3) is 0 Å². The van der Waals surface area contributed by atoms with E-state index < -0.39 is 0 Å². The van der Waals surface area contributed by atoms with Crippen LogP contribution in [-0.2, 0) is 17.6 Å². The maximum atomic E-state index is 12.3. The molecule has 4 nitrogen and oxygen atoms in total. The molecule has 0 unspecified atom stereocenters. The lowest BCUT2D eigenvalue weighted by Crippen LogP contribution is -2.28. The minimum absolute atomic E-state index is 0.131. The Labute approximate surface area is 148 Å². The predicted octanol–water partition coefficient (Wildman–Crippen LogP) is 3.09. The second kappa shape index (κ2) is 6.43. The van der Waals surface area contributed by atoms with E-state index in [9.17, 15) is 4.79 Å². The van der Waals surface area contributed by atoms with Gasteiger partial charge in [0.2, 0.25) is 5.91 Å². The molecule has 2 aromatic rings. The van der Waals surface area contributed by atoms with Crippen molar-refractivity contribution >= 4 is 5.91 Å². The molecule has 0 spiro atoms. The van der Waals surface area contributed by atoms with Crippen LogP contribution in [0.3, 0.4) is 0 Å². The Bertz CT molecular complexity index is 801. The molecule has 1 N–H and O–H groups in total. The van der Waals surface area contributed by atoms with Crippen molar-refractivity contribution in [1.82, 2.24) is 5.32 Å². The highest BCUT2D eigenvalue weighted by molar-refractivity contribution is 5.77. The van der Waals surface area contributed by atoms with Gasteiger partial charge < -0.3 is 14.8 Å². The standard InChI is InChI=1S/C21H23NO3/c1-24-17-9-7-13(11-18(17)25-2)8-10-19(23)22-21-16-12-14-5-3-4-6-15(14)20(16)21/h3-7,9,11,16,20-21H,8,10,12H2,1-2H3,(H,22,23)/t16-,20+,21-/m1/s1. The van der Waals surface area contributed by atoms with Crippen LogP contribution in [-0.4, -0.2) is 26.2 Å².